The standard InChI is InChI=1S/C7H10Cl2N2O/c8-3-6(4-9)10-11-7(12)5-1-2-5/h5H,1-4H2,(H,11,12). The van der Waals surface area contributed by atoms with Gasteiger partial charge in [-0.2, -0.15) is 5.10 Å². The third-order valence-corrected chi connectivity index (χ3v) is 2.20. The molecule has 5 heteroatoms. The van der Waals surface area contributed by atoms with Crippen molar-refractivity contribution in [3.8, 4) is 0 Å². The van der Waals surface area contributed by atoms with Crippen LogP contribution in [0.25, 0.3) is 0 Å². The van der Waals surface area contributed by atoms with Crippen LogP contribution in [0.4, 0.5) is 0 Å². The minimum Gasteiger partial charge on any atom is -0.273 e. The van der Waals surface area contributed by atoms with Crippen LogP contribution in [0.2, 0.25) is 0 Å². The predicted octanol–water partition coefficient (Wildman–Crippen LogP) is 1.35. The van der Waals surface area contributed by atoms with E-state index in [0.29, 0.717) is 5.71 Å². The average Bonchev–Trinajstić information content (AvgIpc) is 2.88. The highest BCUT2D eigenvalue weighted by Gasteiger charge is 2.29. The predicted molar refractivity (Wildman–Crippen MR) is 49.7 cm³/mol. The number of hydrogen-bond donors (Lipinski definition) is 1. The van der Waals surface area contributed by atoms with Crippen LogP contribution in [-0.4, -0.2) is 23.4 Å². The summed E-state index contributed by atoms with van der Waals surface area (Å²) in [4.78, 5) is 11.0. The van der Waals surface area contributed by atoms with E-state index < -0.39 is 0 Å². The SMILES string of the molecule is O=C(NN=C(CCl)CCl)C1CC1. The fourth-order valence-electron chi connectivity index (χ4n) is 0.666. The lowest BCUT2D eigenvalue weighted by atomic mass is 10.4. The van der Waals surface area contributed by atoms with Gasteiger partial charge in [-0.15, -0.1) is 23.2 Å². The van der Waals surface area contributed by atoms with Crippen LogP contribution in [0, 0.1) is 5.92 Å². The summed E-state index contributed by atoms with van der Waals surface area (Å²) in [5, 5.41) is 3.78. The summed E-state index contributed by atoms with van der Waals surface area (Å²) in [6, 6.07) is 0. The maximum absolute atomic E-state index is 11.0. The molecule has 1 N–H and O–H groups in total. The highest BCUT2D eigenvalue weighted by atomic mass is 35.5. The number of nitrogens with one attached hydrogen (secondary N) is 1. The number of alkyl halides is 2. The minimum atomic E-state index is -0.0252. The fourth-order valence-corrected chi connectivity index (χ4v) is 1.07. The van der Waals surface area contributed by atoms with Gasteiger partial charge in [0, 0.05) is 5.92 Å². The Morgan fingerprint density at radius 1 is 1.42 bits per heavy atom. The third kappa shape index (κ3) is 2.99. The molecule has 3 nitrogen and oxygen atoms in total. The molecule has 0 spiro atoms. The number of hydrogen-bond acceptors (Lipinski definition) is 2. The molecule has 0 aliphatic heterocycles. The van der Waals surface area contributed by atoms with Gasteiger partial charge in [0.15, 0.2) is 0 Å². The molecule has 12 heavy (non-hydrogen) atoms. The lowest BCUT2D eigenvalue weighted by Crippen LogP contribution is -2.22. The first kappa shape index (κ1) is 9.81. The molecule has 1 fully saturated rings. The number of amides is 1. The molecule has 0 radical (unpaired) electrons. The molecule has 0 aromatic carbocycles. The van der Waals surface area contributed by atoms with Crippen molar-refractivity contribution >= 4 is 34.8 Å². The third-order valence-electron chi connectivity index (χ3n) is 1.58. The molecule has 0 aromatic heterocycles. The smallest absolute Gasteiger partial charge is 0.243 e. The second-order valence-corrected chi connectivity index (χ2v) is 3.23. The Bertz CT molecular complexity index is 196. The minimum absolute atomic E-state index is 0.0252. The van der Waals surface area contributed by atoms with Crippen molar-refractivity contribution < 1.29 is 4.79 Å². The molecular formula is C7H10Cl2N2O. The fraction of sp³-hybridized carbons (Fsp3) is 0.714. The number of hydrazone groups is 1. The zero-order valence-corrected chi connectivity index (χ0v) is 8.03. The number of carbonyl (C=O) groups is 1. The van der Waals surface area contributed by atoms with Gasteiger partial charge < -0.3 is 0 Å². The topological polar surface area (TPSA) is 41.5 Å². The largest absolute Gasteiger partial charge is 0.273 e. The van der Waals surface area contributed by atoms with Gasteiger partial charge in [-0.05, 0) is 12.8 Å². The van der Waals surface area contributed by atoms with Crippen molar-refractivity contribution in [1.29, 1.82) is 0 Å². The Morgan fingerprint density at radius 3 is 2.42 bits per heavy atom. The summed E-state index contributed by atoms with van der Waals surface area (Å²) in [5.41, 5.74) is 3.02. The molecule has 0 unspecified atom stereocenters. The maximum atomic E-state index is 11.0. The Hall–Kier alpha value is -0.280. The van der Waals surface area contributed by atoms with Gasteiger partial charge in [0.05, 0.1) is 17.5 Å². The van der Waals surface area contributed by atoms with Crippen molar-refractivity contribution in [3.63, 3.8) is 0 Å². The van der Waals surface area contributed by atoms with Crippen LogP contribution in [0.3, 0.4) is 0 Å². The lowest BCUT2D eigenvalue weighted by molar-refractivity contribution is -0.122. The number of carbonyl (C=O) groups excluding carboxylic acids is 1. The molecule has 1 aliphatic rings. The van der Waals surface area contributed by atoms with E-state index in [9.17, 15) is 4.79 Å². The molecule has 1 amide bonds. The van der Waals surface area contributed by atoms with Gasteiger partial charge in [0.1, 0.15) is 0 Å². The van der Waals surface area contributed by atoms with E-state index in [1.165, 1.54) is 0 Å². The van der Waals surface area contributed by atoms with E-state index in [1.807, 2.05) is 0 Å². The Kier molecular flexibility index (Phi) is 3.82. The van der Waals surface area contributed by atoms with E-state index in [2.05, 4.69) is 10.5 Å². The quantitative estimate of drug-likeness (QED) is 0.423. The maximum Gasteiger partial charge on any atom is 0.243 e. The van der Waals surface area contributed by atoms with Crippen LogP contribution in [0.1, 0.15) is 12.8 Å². The van der Waals surface area contributed by atoms with E-state index in [0.717, 1.165) is 12.8 Å². The molecular weight excluding hydrogens is 199 g/mol. The van der Waals surface area contributed by atoms with Crippen LogP contribution in [0.15, 0.2) is 5.10 Å². The van der Waals surface area contributed by atoms with Gasteiger partial charge in [-0.25, -0.2) is 5.43 Å². The molecule has 0 aromatic rings. The molecule has 1 aliphatic carbocycles. The van der Waals surface area contributed by atoms with Gasteiger partial charge >= 0.3 is 0 Å². The van der Waals surface area contributed by atoms with Gasteiger partial charge in [-0.3, -0.25) is 4.79 Å². The second-order valence-electron chi connectivity index (χ2n) is 2.70. The van der Waals surface area contributed by atoms with Crippen molar-refractivity contribution in [1.82, 2.24) is 5.43 Å². The summed E-state index contributed by atoms with van der Waals surface area (Å²) in [6.07, 6.45) is 1.94. The summed E-state index contributed by atoms with van der Waals surface area (Å²) >= 11 is 11.0. The Labute approximate surface area is 81.1 Å². The van der Waals surface area contributed by atoms with E-state index in [-0.39, 0.29) is 23.6 Å². The summed E-state index contributed by atoms with van der Waals surface area (Å²) < 4.78 is 0. The molecule has 0 saturated heterocycles. The zero-order chi connectivity index (χ0) is 8.97. The van der Waals surface area contributed by atoms with Crippen LogP contribution in [-0.2, 0) is 4.79 Å². The summed E-state index contributed by atoms with van der Waals surface area (Å²) in [6.45, 7) is 0. The highest BCUT2D eigenvalue weighted by molar-refractivity contribution is 6.37. The Morgan fingerprint density at radius 2 is 2.00 bits per heavy atom. The van der Waals surface area contributed by atoms with Crippen molar-refractivity contribution in [2.24, 2.45) is 11.0 Å². The van der Waals surface area contributed by atoms with Gasteiger partial charge in [-0.1, -0.05) is 0 Å². The molecule has 1 saturated carbocycles. The molecule has 0 heterocycles. The normalized spacial score (nSPS) is 15.5. The van der Waals surface area contributed by atoms with E-state index >= 15 is 0 Å². The van der Waals surface area contributed by atoms with Gasteiger partial charge in [0.25, 0.3) is 0 Å². The Balaban J connectivity index is 2.29. The number of nitrogens with zero attached hydrogens (tertiary/aromatic N) is 1. The molecule has 0 atom stereocenters. The van der Waals surface area contributed by atoms with Gasteiger partial charge in [0.2, 0.25) is 5.91 Å². The summed E-state index contributed by atoms with van der Waals surface area (Å²) in [7, 11) is 0. The van der Waals surface area contributed by atoms with Crippen LogP contribution in [0.5, 0.6) is 0 Å². The second kappa shape index (κ2) is 4.67. The van der Waals surface area contributed by atoms with Crippen molar-refractivity contribution in [2.45, 2.75) is 12.8 Å². The number of halogens is 2. The molecule has 68 valence electrons. The van der Waals surface area contributed by atoms with Crippen molar-refractivity contribution in [2.75, 3.05) is 11.8 Å². The van der Waals surface area contributed by atoms with Crippen LogP contribution >= 0.6 is 23.2 Å². The van der Waals surface area contributed by atoms with E-state index in [1.54, 1.807) is 0 Å². The highest BCUT2D eigenvalue weighted by Crippen LogP contribution is 2.28. The zero-order valence-electron chi connectivity index (χ0n) is 6.52. The van der Waals surface area contributed by atoms with Crippen molar-refractivity contribution in [3.05, 3.63) is 0 Å². The summed E-state index contributed by atoms with van der Waals surface area (Å²) in [5.74, 6) is 0.659. The lowest BCUT2D eigenvalue weighted by Gasteiger charge is -1.98. The molecule has 0 bridgehead atoms. The first-order chi connectivity index (χ1) is 5.77. The first-order valence-electron chi connectivity index (χ1n) is 3.75. The first-order valence-corrected chi connectivity index (χ1v) is 4.82. The van der Waals surface area contributed by atoms with E-state index in [4.69, 9.17) is 23.2 Å². The monoisotopic (exact) mass is 208 g/mol. The number of rotatable bonds is 4. The molecule has 1 rings (SSSR count). The van der Waals surface area contributed by atoms with Crippen LogP contribution < -0.4 is 5.43 Å². The average molecular weight is 209 g/mol.